The van der Waals surface area contributed by atoms with Crippen molar-refractivity contribution in [2.75, 3.05) is 13.4 Å². The number of aromatic hydroxyl groups is 3. The van der Waals surface area contributed by atoms with Crippen LogP contribution in [0.25, 0.3) is 0 Å². The first kappa shape index (κ1) is 18.0. The Kier molecular flexibility index (Phi) is 4.30. The van der Waals surface area contributed by atoms with Crippen LogP contribution in [-0.4, -0.2) is 34.5 Å². The van der Waals surface area contributed by atoms with E-state index in [1.54, 1.807) is 6.07 Å². The van der Waals surface area contributed by atoms with Crippen LogP contribution in [0, 0.1) is 0 Å². The fourth-order valence-electron chi connectivity index (χ4n) is 3.41. The minimum Gasteiger partial charge on any atom is -0.507 e. The Bertz CT molecular complexity index is 1000. The molecule has 0 spiro atoms. The van der Waals surface area contributed by atoms with Crippen LogP contribution in [-0.2, 0) is 6.42 Å². The quantitative estimate of drug-likeness (QED) is 0.697. The molecule has 0 saturated heterocycles. The molecule has 1 atom stereocenters. The van der Waals surface area contributed by atoms with E-state index in [1.165, 1.54) is 12.1 Å². The molecular formula is C21H20O7. The Morgan fingerprint density at radius 3 is 2.43 bits per heavy atom. The van der Waals surface area contributed by atoms with Crippen LogP contribution in [0.5, 0.6) is 34.5 Å². The first-order valence-electron chi connectivity index (χ1n) is 8.87. The molecular weight excluding hydrogens is 364 g/mol. The maximum atomic E-state index is 13.2. The van der Waals surface area contributed by atoms with Gasteiger partial charge < -0.3 is 29.5 Å². The first-order valence-corrected chi connectivity index (χ1v) is 8.87. The van der Waals surface area contributed by atoms with Crippen molar-refractivity contribution in [3.63, 3.8) is 0 Å². The fraction of sp³-hybridized carbons (Fsp3) is 0.286. The largest absolute Gasteiger partial charge is 0.507 e. The number of hydrogen-bond acceptors (Lipinski definition) is 7. The number of ether oxygens (including phenoxy) is 3. The zero-order valence-electron chi connectivity index (χ0n) is 15.5. The number of fused-ring (bicyclic) bond motifs is 2. The van der Waals surface area contributed by atoms with Gasteiger partial charge in [0.25, 0.3) is 0 Å². The predicted molar refractivity (Wildman–Crippen MR) is 99.7 cm³/mol. The van der Waals surface area contributed by atoms with E-state index < -0.39 is 11.7 Å². The van der Waals surface area contributed by atoms with Crippen LogP contribution >= 0.6 is 0 Å². The molecule has 0 amide bonds. The van der Waals surface area contributed by atoms with Gasteiger partial charge in [-0.15, -0.1) is 0 Å². The molecule has 1 unspecified atom stereocenters. The number of allylic oxidation sites excluding steroid dienone is 2. The highest BCUT2D eigenvalue weighted by molar-refractivity contribution is 6.07. The summed E-state index contributed by atoms with van der Waals surface area (Å²) in [6, 6.07) is 4.30. The summed E-state index contributed by atoms with van der Waals surface area (Å²) in [4.78, 5) is 13.2. The maximum absolute atomic E-state index is 13.2. The van der Waals surface area contributed by atoms with Crippen LogP contribution in [0.4, 0.5) is 0 Å². The molecule has 4 rings (SSSR count). The van der Waals surface area contributed by atoms with E-state index in [0.717, 1.165) is 5.57 Å². The van der Waals surface area contributed by atoms with E-state index in [9.17, 15) is 20.1 Å². The third kappa shape index (κ3) is 2.89. The van der Waals surface area contributed by atoms with Crippen molar-refractivity contribution in [2.24, 2.45) is 0 Å². The van der Waals surface area contributed by atoms with E-state index in [0.29, 0.717) is 17.1 Å². The SMILES string of the molecule is CC(C)=CCc1c(O)cc2c(c1O)C(=O)C(c1cc3c(cc1O)OCO3)CO2. The molecule has 0 fully saturated rings. The predicted octanol–water partition coefficient (Wildman–Crippen LogP) is 3.40. The topological polar surface area (TPSA) is 105 Å². The van der Waals surface area contributed by atoms with Crippen molar-refractivity contribution in [2.45, 2.75) is 26.2 Å². The molecule has 7 nitrogen and oxygen atoms in total. The molecule has 146 valence electrons. The summed E-state index contributed by atoms with van der Waals surface area (Å²) in [5.74, 6) is -0.809. The molecule has 7 heteroatoms. The van der Waals surface area contributed by atoms with Crippen molar-refractivity contribution >= 4 is 5.78 Å². The van der Waals surface area contributed by atoms with E-state index in [4.69, 9.17) is 14.2 Å². The minimum atomic E-state index is -0.825. The van der Waals surface area contributed by atoms with Gasteiger partial charge in [-0.25, -0.2) is 0 Å². The summed E-state index contributed by atoms with van der Waals surface area (Å²) in [5.41, 5.74) is 1.61. The van der Waals surface area contributed by atoms with E-state index in [2.05, 4.69) is 0 Å². The Hall–Kier alpha value is -3.35. The molecule has 28 heavy (non-hydrogen) atoms. The number of ketones is 1. The van der Waals surface area contributed by atoms with Gasteiger partial charge in [0, 0.05) is 23.3 Å². The van der Waals surface area contributed by atoms with Gasteiger partial charge in [0.2, 0.25) is 6.79 Å². The van der Waals surface area contributed by atoms with Gasteiger partial charge >= 0.3 is 0 Å². The van der Waals surface area contributed by atoms with Crippen LogP contribution in [0.1, 0.15) is 41.3 Å². The lowest BCUT2D eigenvalue weighted by Crippen LogP contribution is -2.26. The summed E-state index contributed by atoms with van der Waals surface area (Å²) >= 11 is 0. The summed E-state index contributed by atoms with van der Waals surface area (Å²) in [6.45, 7) is 3.81. The highest BCUT2D eigenvalue weighted by Crippen LogP contribution is 2.47. The van der Waals surface area contributed by atoms with Gasteiger partial charge in [-0.1, -0.05) is 11.6 Å². The first-order chi connectivity index (χ1) is 13.4. The molecule has 3 N–H and O–H groups in total. The lowest BCUT2D eigenvalue weighted by Gasteiger charge is -2.26. The fourth-order valence-corrected chi connectivity index (χ4v) is 3.41. The summed E-state index contributed by atoms with van der Waals surface area (Å²) in [5, 5.41) is 31.3. The lowest BCUT2D eigenvalue weighted by molar-refractivity contribution is 0.0889. The molecule has 2 aliphatic rings. The molecule has 2 heterocycles. The molecule has 0 aromatic heterocycles. The number of carbonyl (C=O) groups is 1. The van der Waals surface area contributed by atoms with Gasteiger partial charge in [0.05, 0.1) is 5.92 Å². The van der Waals surface area contributed by atoms with E-state index >= 15 is 0 Å². The molecule has 2 aromatic rings. The van der Waals surface area contributed by atoms with Crippen molar-refractivity contribution in [1.82, 2.24) is 0 Å². The van der Waals surface area contributed by atoms with Crippen LogP contribution < -0.4 is 14.2 Å². The Morgan fingerprint density at radius 1 is 1.04 bits per heavy atom. The van der Waals surface area contributed by atoms with Gasteiger partial charge in [0.15, 0.2) is 17.3 Å². The number of phenols is 3. The molecule has 2 aliphatic heterocycles. The number of carbonyl (C=O) groups excluding carboxylic acids is 1. The summed E-state index contributed by atoms with van der Waals surface area (Å²) in [7, 11) is 0. The number of rotatable bonds is 3. The molecule has 0 bridgehead atoms. The summed E-state index contributed by atoms with van der Waals surface area (Å²) < 4.78 is 16.2. The van der Waals surface area contributed by atoms with Gasteiger partial charge in [0.1, 0.15) is 35.2 Å². The molecule has 0 saturated carbocycles. The van der Waals surface area contributed by atoms with Crippen molar-refractivity contribution < 1.29 is 34.3 Å². The van der Waals surface area contributed by atoms with Crippen LogP contribution in [0.15, 0.2) is 29.8 Å². The van der Waals surface area contributed by atoms with E-state index in [1.807, 2.05) is 19.9 Å². The second kappa shape index (κ2) is 6.67. The maximum Gasteiger partial charge on any atom is 0.231 e. The normalized spacial score (nSPS) is 17.1. The highest BCUT2D eigenvalue weighted by Gasteiger charge is 2.36. The second-order valence-corrected chi connectivity index (χ2v) is 7.07. The average molecular weight is 384 g/mol. The Labute approximate surface area is 161 Å². The van der Waals surface area contributed by atoms with Gasteiger partial charge in [-0.2, -0.15) is 0 Å². The van der Waals surface area contributed by atoms with Gasteiger partial charge in [-0.05, 0) is 26.3 Å². The minimum absolute atomic E-state index is 0.00303. The zero-order valence-corrected chi connectivity index (χ0v) is 15.5. The number of Topliss-reactive ketones (excluding diaryl/α,β-unsaturated/α-hetero) is 1. The van der Waals surface area contributed by atoms with Crippen molar-refractivity contribution in [3.8, 4) is 34.5 Å². The third-order valence-corrected chi connectivity index (χ3v) is 4.93. The number of benzene rings is 2. The lowest BCUT2D eigenvalue weighted by atomic mass is 9.86. The Morgan fingerprint density at radius 2 is 1.71 bits per heavy atom. The van der Waals surface area contributed by atoms with Gasteiger partial charge in [-0.3, -0.25) is 4.79 Å². The number of phenolic OH excluding ortho intramolecular Hbond substituents is 3. The smallest absolute Gasteiger partial charge is 0.231 e. The molecule has 0 aliphatic carbocycles. The second-order valence-electron chi connectivity index (χ2n) is 7.07. The van der Waals surface area contributed by atoms with Crippen LogP contribution in [0.2, 0.25) is 0 Å². The third-order valence-electron chi connectivity index (χ3n) is 4.93. The van der Waals surface area contributed by atoms with E-state index in [-0.39, 0.29) is 53.9 Å². The van der Waals surface area contributed by atoms with Crippen LogP contribution in [0.3, 0.4) is 0 Å². The standard InChI is InChI=1S/C21H20O7/c1-10(2)3-4-11-14(22)7-18-19(20(11)24)21(25)13(8-26-18)12-5-16-17(6-15(12)23)28-9-27-16/h3,5-7,13,22-24H,4,8-9H2,1-2H3. The van der Waals surface area contributed by atoms with Crippen molar-refractivity contribution in [3.05, 3.63) is 46.5 Å². The number of hydrogen-bond donors (Lipinski definition) is 3. The highest BCUT2D eigenvalue weighted by atomic mass is 16.7. The molecule has 0 radical (unpaired) electrons. The monoisotopic (exact) mass is 384 g/mol. The average Bonchev–Trinajstić information content (AvgIpc) is 3.08. The molecule has 2 aromatic carbocycles. The Balaban J connectivity index is 1.76. The zero-order chi connectivity index (χ0) is 20.0. The van der Waals surface area contributed by atoms with Crippen molar-refractivity contribution in [1.29, 1.82) is 0 Å². The summed E-state index contributed by atoms with van der Waals surface area (Å²) in [6.07, 6.45) is 2.12.